The van der Waals surface area contributed by atoms with Crippen LogP contribution in [0.1, 0.15) is 61.6 Å². The van der Waals surface area contributed by atoms with E-state index in [1.54, 1.807) is 19.2 Å². The van der Waals surface area contributed by atoms with Gasteiger partial charge in [-0.25, -0.2) is 8.78 Å². The molecule has 2 aromatic heterocycles. The van der Waals surface area contributed by atoms with E-state index in [9.17, 15) is 9.18 Å². The normalized spacial score (nSPS) is 23.9. The zero-order valence-corrected chi connectivity index (χ0v) is 19.1. The molecular formula is C24H30F2N6O. The molecule has 1 aliphatic carbocycles. The number of alkyl halides is 1. The van der Waals surface area contributed by atoms with E-state index in [4.69, 9.17) is 0 Å². The van der Waals surface area contributed by atoms with Crippen molar-refractivity contribution in [3.05, 3.63) is 35.5 Å². The molecule has 1 aliphatic heterocycles. The summed E-state index contributed by atoms with van der Waals surface area (Å²) in [7, 11) is 1.90. The molecule has 7 nitrogen and oxygen atoms in total. The van der Waals surface area contributed by atoms with Crippen molar-refractivity contribution in [2.24, 2.45) is 7.05 Å². The minimum Gasteiger partial charge on any atom is -0.348 e. The third kappa shape index (κ3) is 4.38. The van der Waals surface area contributed by atoms with Crippen molar-refractivity contribution in [2.75, 3.05) is 13.1 Å². The molecule has 1 amide bonds. The van der Waals surface area contributed by atoms with Crippen molar-refractivity contribution in [3.63, 3.8) is 0 Å². The highest BCUT2D eigenvalue weighted by molar-refractivity contribution is 6.06. The molecule has 3 heterocycles. The summed E-state index contributed by atoms with van der Waals surface area (Å²) < 4.78 is 30.9. The van der Waals surface area contributed by atoms with E-state index in [0.717, 1.165) is 30.9 Å². The topological polar surface area (TPSA) is 78.8 Å². The monoisotopic (exact) mass is 456 g/mol. The van der Waals surface area contributed by atoms with Gasteiger partial charge in [0.2, 0.25) is 0 Å². The van der Waals surface area contributed by atoms with Gasteiger partial charge in [0.15, 0.2) is 5.82 Å². The van der Waals surface area contributed by atoms with Crippen LogP contribution in [0.2, 0.25) is 0 Å². The Hall–Kier alpha value is -2.81. The molecule has 1 aromatic carbocycles. The Bertz CT molecular complexity index is 1170. The van der Waals surface area contributed by atoms with Crippen LogP contribution in [-0.4, -0.2) is 55.6 Å². The number of aryl methyl sites for hydroxylation is 1. The Morgan fingerprint density at radius 2 is 2.00 bits per heavy atom. The van der Waals surface area contributed by atoms with E-state index >= 15 is 4.39 Å². The number of amides is 1. The number of hydrogen-bond acceptors (Lipinski definition) is 4. The van der Waals surface area contributed by atoms with Gasteiger partial charge >= 0.3 is 0 Å². The van der Waals surface area contributed by atoms with Gasteiger partial charge in [0.05, 0.1) is 11.9 Å². The van der Waals surface area contributed by atoms with Gasteiger partial charge in [-0.15, -0.1) is 0 Å². The number of H-pyrrole nitrogens is 1. The Balaban J connectivity index is 1.43. The maximum absolute atomic E-state index is 15.0. The van der Waals surface area contributed by atoms with E-state index in [0.29, 0.717) is 36.6 Å². The van der Waals surface area contributed by atoms with Crippen molar-refractivity contribution in [3.8, 4) is 11.1 Å². The summed E-state index contributed by atoms with van der Waals surface area (Å²) in [5.41, 5.74) is 1.73. The molecule has 2 aliphatic rings. The lowest BCUT2D eigenvalue weighted by Gasteiger charge is -2.31. The SMILES string of the molecule is Cn1ncc(-c2cc(F)c3n[nH]c(C(=O)NC4CCC(C)(F)CC4)c3c2)c1CN1CCCC1. The van der Waals surface area contributed by atoms with E-state index in [-0.39, 0.29) is 23.2 Å². The second kappa shape index (κ2) is 8.52. The van der Waals surface area contributed by atoms with Crippen LogP contribution in [0.4, 0.5) is 8.78 Å². The van der Waals surface area contributed by atoms with Gasteiger partial charge < -0.3 is 5.32 Å². The second-order valence-electron chi connectivity index (χ2n) is 9.73. The fraction of sp³-hybridized carbons (Fsp3) is 0.542. The highest BCUT2D eigenvalue weighted by Gasteiger charge is 2.32. The molecule has 0 radical (unpaired) electrons. The lowest BCUT2D eigenvalue weighted by Crippen LogP contribution is -2.40. The molecule has 1 saturated heterocycles. The molecule has 1 saturated carbocycles. The largest absolute Gasteiger partial charge is 0.348 e. The molecule has 0 unspecified atom stereocenters. The number of nitrogens with one attached hydrogen (secondary N) is 2. The first-order chi connectivity index (χ1) is 15.8. The molecule has 0 bridgehead atoms. The molecule has 33 heavy (non-hydrogen) atoms. The molecule has 0 atom stereocenters. The Labute approximate surface area is 191 Å². The molecular weight excluding hydrogens is 426 g/mol. The number of halogens is 2. The molecule has 5 rings (SSSR count). The summed E-state index contributed by atoms with van der Waals surface area (Å²) in [6.07, 6.45) is 6.13. The molecule has 176 valence electrons. The molecule has 2 N–H and O–H groups in total. The van der Waals surface area contributed by atoms with Crippen LogP contribution < -0.4 is 5.32 Å². The minimum atomic E-state index is -1.17. The Morgan fingerprint density at radius 3 is 2.73 bits per heavy atom. The van der Waals surface area contributed by atoms with Gasteiger partial charge in [0.25, 0.3) is 5.91 Å². The maximum atomic E-state index is 15.0. The van der Waals surface area contributed by atoms with Gasteiger partial charge in [0.1, 0.15) is 16.9 Å². The predicted molar refractivity (Wildman–Crippen MR) is 122 cm³/mol. The average Bonchev–Trinajstić information content (AvgIpc) is 3.51. The molecule has 0 spiro atoms. The number of nitrogens with zero attached hydrogens (tertiary/aromatic N) is 4. The number of aromatic amines is 1. The van der Waals surface area contributed by atoms with Gasteiger partial charge in [-0.2, -0.15) is 10.2 Å². The lowest BCUT2D eigenvalue weighted by molar-refractivity contribution is 0.0847. The predicted octanol–water partition coefficient (Wildman–Crippen LogP) is 4.10. The van der Waals surface area contributed by atoms with Crippen LogP contribution >= 0.6 is 0 Å². The van der Waals surface area contributed by atoms with Crippen LogP contribution in [0.25, 0.3) is 22.0 Å². The first-order valence-corrected chi connectivity index (χ1v) is 11.7. The Morgan fingerprint density at radius 1 is 1.27 bits per heavy atom. The third-order valence-corrected chi connectivity index (χ3v) is 7.15. The lowest BCUT2D eigenvalue weighted by atomic mass is 9.85. The molecule has 9 heteroatoms. The van der Waals surface area contributed by atoms with Gasteiger partial charge in [-0.1, -0.05) is 0 Å². The van der Waals surface area contributed by atoms with Crippen molar-refractivity contribution >= 4 is 16.8 Å². The van der Waals surface area contributed by atoms with Crippen LogP contribution in [0.15, 0.2) is 18.3 Å². The number of carbonyl (C=O) groups excluding carboxylic acids is 1. The first kappa shape index (κ1) is 22.0. The molecule has 2 fully saturated rings. The van der Waals surface area contributed by atoms with Crippen molar-refractivity contribution in [1.82, 2.24) is 30.2 Å². The van der Waals surface area contributed by atoms with E-state index in [1.807, 2.05) is 11.7 Å². The van der Waals surface area contributed by atoms with Crippen LogP contribution in [0.3, 0.4) is 0 Å². The van der Waals surface area contributed by atoms with Gasteiger partial charge in [-0.05, 0) is 76.2 Å². The number of hydrogen-bond donors (Lipinski definition) is 2. The summed E-state index contributed by atoms with van der Waals surface area (Å²) in [4.78, 5) is 15.4. The fourth-order valence-electron chi connectivity index (χ4n) is 5.07. The van der Waals surface area contributed by atoms with E-state index in [2.05, 4.69) is 25.5 Å². The first-order valence-electron chi connectivity index (χ1n) is 11.7. The number of carbonyl (C=O) groups is 1. The number of benzene rings is 1. The number of fused-ring (bicyclic) bond motifs is 1. The summed E-state index contributed by atoms with van der Waals surface area (Å²) in [6, 6.07) is 3.16. The third-order valence-electron chi connectivity index (χ3n) is 7.15. The van der Waals surface area contributed by atoms with Crippen LogP contribution in [0.5, 0.6) is 0 Å². The van der Waals surface area contributed by atoms with Crippen LogP contribution in [0, 0.1) is 5.82 Å². The Kier molecular flexibility index (Phi) is 5.68. The number of rotatable bonds is 5. The standard InChI is InChI=1S/C24H30F2N6O/c1-24(26)7-5-16(6-8-24)28-23(33)22-17-11-15(12-19(25)21(17)29-30-22)18-13-27-31(2)20(18)14-32-9-3-4-10-32/h11-13,16H,3-10,14H2,1-2H3,(H,28,33)(H,29,30). The quantitative estimate of drug-likeness (QED) is 0.606. The summed E-state index contributed by atoms with van der Waals surface area (Å²) >= 11 is 0. The summed E-state index contributed by atoms with van der Waals surface area (Å²) in [5.74, 6) is -0.829. The van der Waals surface area contributed by atoms with Crippen molar-refractivity contribution in [1.29, 1.82) is 0 Å². The van der Waals surface area contributed by atoms with Gasteiger partial charge in [-0.3, -0.25) is 19.5 Å². The minimum absolute atomic E-state index is 0.0990. The van der Waals surface area contributed by atoms with Crippen LogP contribution in [-0.2, 0) is 13.6 Å². The fourth-order valence-corrected chi connectivity index (χ4v) is 5.07. The highest BCUT2D eigenvalue weighted by Crippen LogP contribution is 2.33. The zero-order valence-electron chi connectivity index (χ0n) is 19.1. The smallest absolute Gasteiger partial charge is 0.270 e. The van der Waals surface area contributed by atoms with Crippen molar-refractivity contribution < 1.29 is 13.6 Å². The number of likely N-dealkylation sites (tertiary alicyclic amines) is 1. The van der Waals surface area contributed by atoms with E-state index < -0.39 is 11.5 Å². The molecule has 3 aromatic rings. The number of aromatic nitrogens is 4. The maximum Gasteiger partial charge on any atom is 0.270 e. The zero-order chi connectivity index (χ0) is 23.2. The average molecular weight is 457 g/mol. The second-order valence-corrected chi connectivity index (χ2v) is 9.73. The highest BCUT2D eigenvalue weighted by atomic mass is 19.1. The van der Waals surface area contributed by atoms with Crippen molar-refractivity contribution in [2.45, 2.75) is 63.7 Å². The summed E-state index contributed by atoms with van der Waals surface area (Å²) in [5, 5.41) is 14.6. The summed E-state index contributed by atoms with van der Waals surface area (Å²) in [6.45, 7) is 4.45. The van der Waals surface area contributed by atoms with E-state index in [1.165, 1.54) is 18.9 Å². The van der Waals surface area contributed by atoms with Gasteiger partial charge in [0, 0.05) is 30.6 Å².